The molecule has 0 aliphatic heterocycles. The Kier molecular flexibility index (Phi) is 4.89. The second kappa shape index (κ2) is 7.25. The second-order valence-electron chi connectivity index (χ2n) is 4.64. The Morgan fingerprint density at radius 3 is 2.88 bits per heavy atom. The summed E-state index contributed by atoms with van der Waals surface area (Å²) in [6.45, 7) is 0. The van der Waals surface area contributed by atoms with E-state index in [9.17, 15) is 10.1 Å². The van der Waals surface area contributed by atoms with Gasteiger partial charge in [0.25, 0.3) is 5.91 Å². The molecular weight excluding hydrogens is 390 g/mol. The number of benzene rings is 1. The van der Waals surface area contributed by atoms with Gasteiger partial charge in [-0.3, -0.25) is 10.1 Å². The molecular formula is C17H10BrN3O2S. The number of carbonyl (C=O) groups is 1. The van der Waals surface area contributed by atoms with Crippen molar-refractivity contribution in [3.8, 4) is 17.4 Å². The minimum absolute atomic E-state index is 0.0572. The summed E-state index contributed by atoms with van der Waals surface area (Å²) in [5.74, 6) is 0.546. The van der Waals surface area contributed by atoms with E-state index in [4.69, 9.17) is 4.42 Å². The van der Waals surface area contributed by atoms with Crippen molar-refractivity contribution in [2.45, 2.75) is 0 Å². The van der Waals surface area contributed by atoms with Crippen LogP contribution in [0.3, 0.4) is 0 Å². The van der Waals surface area contributed by atoms with Gasteiger partial charge in [-0.05, 0) is 18.2 Å². The summed E-state index contributed by atoms with van der Waals surface area (Å²) >= 11 is 4.75. The van der Waals surface area contributed by atoms with E-state index >= 15 is 0 Å². The molecule has 0 fully saturated rings. The lowest BCUT2D eigenvalue weighted by Gasteiger charge is -2.00. The Bertz CT molecular complexity index is 939. The quantitative estimate of drug-likeness (QED) is 0.508. The van der Waals surface area contributed by atoms with E-state index < -0.39 is 5.91 Å². The fourth-order valence-electron chi connectivity index (χ4n) is 1.98. The molecule has 24 heavy (non-hydrogen) atoms. The van der Waals surface area contributed by atoms with Crippen molar-refractivity contribution in [2.24, 2.45) is 0 Å². The molecule has 0 saturated carbocycles. The van der Waals surface area contributed by atoms with E-state index in [2.05, 4.69) is 26.2 Å². The van der Waals surface area contributed by atoms with E-state index in [0.717, 1.165) is 10.0 Å². The van der Waals surface area contributed by atoms with Gasteiger partial charge in [0.15, 0.2) is 5.13 Å². The number of nitrogens with zero attached hydrogens (tertiary/aromatic N) is 2. The van der Waals surface area contributed by atoms with Crippen LogP contribution in [0.5, 0.6) is 0 Å². The third-order valence-corrected chi connectivity index (χ3v) is 4.45. The first-order valence-corrected chi connectivity index (χ1v) is 8.52. The SMILES string of the molecule is N#C/C(=C\c1ccc(-c2ccccc2Br)o1)C(=O)Nc1nccs1. The minimum Gasteiger partial charge on any atom is -0.457 e. The fourth-order valence-corrected chi connectivity index (χ4v) is 2.98. The summed E-state index contributed by atoms with van der Waals surface area (Å²) < 4.78 is 6.62. The van der Waals surface area contributed by atoms with Crippen molar-refractivity contribution < 1.29 is 9.21 Å². The van der Waals surface area contributed by atoms with E-state index in [1.165, 1.54) is 17.4 Å². The van der Waals surface area contributed by atoms with Crippen molar-refractivity contribution in [2.75, 3.05) is 5.32 Å². The molecule has 3 rings (SSSR count). The molecule has 2 aromatic heterocycles. The minimum atomic E-state index is -0.522. The number of nitrogens with one attached hydrogen (secondary N) is 1. The van der Waals surface area contributed by atoms with Gasteiger partial charge in [0.2, 0.25) is 0 Å². The number of nitriles is 1. The van der Waals surface area contributed by atoms with Crippen molar-refractivity contribution in [1.82, 2.24) is 4.98 Å². The zero-order valence-electron chi connectivity index (χ0n) is 12.2. The number of amides is 1. The Labute approximate surface area is 150 Å². The monoisotopic (exact) mass is 399 g/mol. The molecule has 0 spiro atoms. The van der Waals surface area contributed by atoms with Gasteiger partial charge in [-0.1, -0.05) is 34.1 Å². The maximum atomic E-state index is 12.1. The highest BCUT2D eigenvalue weighted by Gasteiger charge is 2.13. The van der Waals surface area contributed by atoms with Gasteiger partial charge in [-0.2, -0.15) is 5.26 Å². The molecule has 7 heteroatoms. The molecule has 1 aromatic carbocycles. The van der Waals surface area contributed by atoms with Crippen molar-refractivity contribution >= 4 is 44.4 Å². The highest BCUT2D eigenvalue weighted by molar-refractivity contribution is 9.10. The molecule has 2 heterocycles. The van der Waals surface area contributed by atoms with Gasteiger partial charge in [0, 0.05) is 27.7 Å². The highest BCUT2D eigenvalue weighted by atomic mass is 79.9. The Hall–Kier alpha value is -2.69. The van der Waals surface area contributed by atoms with Crippen LogP contribution in [0.2, 0.25) is 0 Å². The van der Waals surface area contributed by atoms with Crippen LogP contribution in [0, 0.1) is 11.3 Å². The van der Waals surface area contributed by atoms with E-state index in [-0.39, 0.29) is 5.57 Å². The molecule has 118 valence electrons. The lowest BCUT2D eigenvalue weighted by molar-refractivity contribution is -0.112. The summed E-state index contributed by atoms with van der Waals surface area (Å²) in [5, 5.41) is 14.0. The zero-order chi connectivity index (χ0) is 16.9. The number of hydrogen-bond acceptors (Lipinski definition) is 5. The highest BCUT2D eigenvalue weighted by Crippen LogP contribution is 2.30. The van der Waals surface area contributed by atoms with Gasteiger partial charge in [0.05, 0.1) is 0 Å². The van der Waals surface area contributed by atoms with Crippen LogP contribution < -0.4 is 5.32 Å². The van der Waals surface area contributed by atoms with E-state index in [1.807, 2.05) is 30.3 Å². The van der Waals surface area contributed by atoms with Crippen LogP contribution in [0.25, 0.3) is 17.4 Å². The number of hydrogen-bond donors (Lipinski definition) is 1. The first-order valence-electron chi connectivity index (χ1n) is 6.85. The Morgan fingerprint density at radius 1 is 1.33 bits per heavy atom. The normalized spacial score (nSPS) is 11.1. The lowest BCUT2D eigenvalue weighted by atomic mass is 10.2. The van der Waals surface area contributed by atoms with Crippen LogP contribution in [0.4, 0.5) is 5.13 Å². The number of halogens is 1. The fraction of sp³-hybridized carbons (Fsp3) is 0. The maximum absolute atomic E-state index is 12.1. The topological polar surface area (TPSA) is 78.9 Å². The Morgan fingerprint density at radius 2 is 2.17 bits per heavy atom. The van der Waals surface area contributed by atoms with Gasteiger partial charge >= 0.3 is 0 Å². The average Bonchev–Trinajstić information content (AvgIpc) is 3.24. The predicted molar refractivity (Wildman–Crippen MR) is 96.2 cm³/mol. The zero-order valence-corrected chi connectivity index (χ0v) is 14.6. The number of rotatable bonds is 4. The number of furan rings is 1. The molecule has 0 bridgehead atoms. The smallest absolute Gasteiger partial charge is 0.268 e. The first kappa shape index (κ1) is 16.2. The lowest BCUT2D eigenvalue weighted by Crippen LogP contribution is -2.13. The molecule has 0 aliphatic rings. The van der Waals surface area contributed by atoms with Crippen LogP contribution in [-0.2, 0) is 4.79 Å². The third kappa shape index (κ3) is 3.62. The summed E-state index contributed by atoms with van der Waals surface area (Å²) in [6, 6.07) is 13.0. The number of aromatic nitrogens is 1. The molecule has 3 aromatic rings. The average molecular weight is 400 g/mol. The van der Waals surface area contributed by atoms with E-state index in [0.29, 0.717) is 16.7 Å². The first-order chi connectivity index (χ1) is 11.7. The molecule has 0 atom stereocenters. The number of thiazole rings is 1. The Balaban J connectivity index is 1.83. The molecule has 5 nitrogen and oxygen atoms in total. The summed E-state index contributed by atoms with van der Waals surface area (Å²) in [4.78, 5) is 16.0. The molecule has 0 unspecified atom stereocenters. The van der Waals surface area contributed by atoms with Crippen LogP contribution in [0.15, 0.2) is 62.4 Å². The third-order valence-electron chi connectivity index (χ3n) is 3.07. The molecule has 0 saturated heterocycles. The van der Waals surface area contributed by atoms with Crippen molar-refractivity contribution in [3.05, 3.63) is 63.8 Å². The standard InChI is InChI=1S/C17H10BrN3O2S/c18-14-4-2-1-3-13(14)15-6-5-12(23-15)9-11(10-19)16(22)21-17-20-7-8-24-17/h1-9H,(H,20,21,22)/b11-9+. The molecule has 0 aliphatic carbocycles. The largest absolute Gasteiger partial charge is 0.457 e. The molecule has 1 amide bonds. The second-order valence-corrected chi connectivity index (χ2v) is 6.39. The summed E-state index contributed by atoms with van der Waals surface area (Å²) in [5.41, 5.74) is 0.834. The number of carbonyl (C=O) groups excluding carboxylic acids is 1. The summed E-state index contributed by atoms with van der Waals surface area (Å²) in [6.07, 6.45) is 2.98. The van der Waals surface area contributed by atoms with Crippen molar-refractivity contribution in [1.29, 1.82) is 5.26 Å². The van der Waals surface area contributed by atoms with Gasteiger partial charge < -0.3 is 4.42 Å². The van der Waals surface area contributed by atoms with Gasteiger partial charge in [-0.25, -0.2) is 4.98 Å². The maximum Gasteiger partial charge on any atom is 0.268 e. The van der Waals surface area contributed by atoms with Crippen LogP contribution in [-0.4, -0.2) is 10.9 Å². The summed E-state index contributed by atoms with van der Waals surface area (Å²) in [7, 11) is 0. The predicted octanol–water partition coefficient (Wildman–Crippen LogP) is 4.71. The van der Waals surface area contributed by atoms with Crippen LogP contribution in [0.1, 0.15) is 5.76 Å². The van der Waals surface area contributed by atoms with Crippen molar-refractivity contribution in [3.63, 3.8) is 0 Å². The molecule has 0 radical (unpaired) electrons. The van der Waals surface area contributed by atoms with Gasteiger partial charge in [-0.15, -0.1) is 11.3 Å². The van der Waals surface area contributed by atoms with Gasteiger partial charge in [0.1, 0.15) is 23.2 Å². The van der Waals surface area contributed by atoms with Crippen LogP contribution >= 0.6 is 27.3 Å². The molecule has 1 N–H and O–H groups in total. The number of anilines is 1. The van der Waals surface area contributed by atoms with E-state index in [1.54, 1.807) is 23.7 Å².